The van der Waals surface area contributed by atoms with Gasteiger partial charge >= 0.3 is 0 Å². The number of piperazine rings is 1. The fourth-order valence-corrected chi connectivity index (χ4v) is 3.40. The lowest BCUT2D eigenvalue weighted by Gasteiger charge is -2.43. The SMILES string of the molecule is Cc1ccc(C2NCC3CCCCN3C2=O)c(C)c1. The molecule has 0 aliphatic carbocycles. The molecule has 1 aromatic carbocycles. The van der Waals surface area contributed by atoms with Crippen LogP contribution in [0.15, 0.2) is 18.2 Å². The van der Waals surface area contributed by atoms with Crippen LogP contribution in [0.25, 0.3) is 0 Å². The van der Waals surface area contributed by atoms with Crippen LogP contribution in [-0.2, 0) is 4.79 Å². The Hall–Kier alpha value is -1.35. The Kier molecular flexibility index (Phi) is 3.31. The first-order chi connectivity index (χ1) is 9.16. The summed E-state index contributed by atoms with van der Waals surface area (Å²) >= 11 is 0. The lowest BCUT2D eigenvalue weighted by atomic mass is 9.92. The van der Waals surface area contributed by atoms with Gasteiger partial charge in [0.1, 0.15) is 6.04 Å². The van der Waals surface area contributed by atoms with Gasteiger partial charge in [-0.3, -0.25) is 4.79 Å². The van der Waals surface area contributed by atoms with Crippen molar-refractivity contribution in [2.24, 2.45) is 0 Å². The van der Waals surface area contributed by atoms with Crippen LogP contribution in [0.5, 0.6) is 0 Å². The standard InChI is InChI=1S/C16H22N2O/c1-11-6-7-14(12(2)9-11)15-16(19)18-8-4-3-5-13(18)10-17-15/h6-7,9,13,15,17H,3-5,8,10H2,1-2H3. The Balaban J connectivity index is 1.87. The van der Waals surface area contributed by atoms with Gasteiger partial charge in [0.05, 0.1) is 0 Å². The second kappa shape index (κ2) is 4.97. The van der Waals surface area contributed by atoms with Gasteiger partial charge in [-0.2, -0.15) is 0 Å². The third-order valence-electron chi connectivity index (χ3n) is 4.45. The maximum Gasteiger partial charge on any atom is 0.244 e. The van der Waals surface area contributed by atoms with Crippen molar-refractivity contribution in [1.29, 1.82) is 0 Å². The number of nitrogens with zero attached hydrogens (tertiary/aromatic N) is 1. The fraction of sp³-hybridized carbons (Fsp3) is 0.562. The summed E-state index contributed by atoms with van der Waals surface area (Å²) in [6, 6.07) is 6.63. The summed E-state index contributed by atoms with van der Waals surface area (Å²) < 4.78 is 0. The summed E-state index contributed by atoms with van der Waals surface area (Å²) in [5.74, 6) is 0.267. The van der Waals surface area contributed by atoms with E-state index in [4.69, 9.17) is 0 Å². The van der Waals surface area contributed by atoms with Gasteiger partial charge in [0.15, 0.2) is 0 Å². The van der Waals surface area contributed by atoms with Gasteiger partial charge in [0, 0.05) is 19.1 Å². The van der Waals surface area contributed by atoms with Crippen LogP contribution < -0.4 is 5.32 Å². The van der Waals surface area contributed by atoms with Crippen LogP contribution in [0.3, 0.4) is 0 Å². The van der Waals surface area contributed by atoms with Crippen LogP contribution >= 0.6 is 0 Å². The molecule has 2 unspecified atom stereocenters. The molecule has 3 nitrogen and oxygen atoms in total. The minimum atomic E-state index is -0.144. The molecule has 2 aliphatic heterocycles. The third-order valence-corrected chi connectivity index (χ3v) is 4.45. The number of amides is 1. The number of carbonyl (C=O) groups is 1. The second-order valence-corrected chi connectivity index (χ2v) is 5.88. The number of nitrogens with one attached hydrogen (secondary N) is 1. The van der Waals surface area contributed by atoms with Crippen LogP contribution in [0.2, 0.25) is 0 Å². The summed E-state index contributed by atoms with van der Waals surface area (Å²) in [7, 11) is 0. The predicted molar refractivity (Wildman–Crippen MR) is 76.0 cm³/mol. The molecular weight excluding hydrogens is 236 g/mol. The van der Waals surface area contributed by atoms with Crippen LogP contribution in [0, 0.1) is 13.8 Å². The van der Waals surface area contributed by atoms with Crippen molar-refractivity contribution in [2.75, 3.05) is 13.1 Å². The lowest BCUT2D eigenvalue weighted by Crippen LogP contribution is -2.57. The van der Waals surface area contributed by atoms with Crippen molar-refractivity contribution in [3.05, 3.63) is 34.9 Å². The highest BCUT2D eigenvalue weighted by atomic mass is 16.2. The molecular formula is C16H22N2O. The zero-order valence-electron chi connectivity index (χ0n) is 11.8. The highest BCUT2D eigenvalue weighted by molar-refractivity contribution is 5.85. The fourth-order valence-electron chi connectivity index (χ4n) is 3.40. The molecule has 1 aromatic rings. The van der Waals surface area contributed by atoms with E-state index < -0.39 is 0 Å². The van der Waals surface area contributed by atoms with Gasteiger partial charge in [0.25, 0.3) is 0 Å². The molecule has 0 bridgehead atoms. The van der Waals surface area contributed by atoms with Crippen molar-refractivity contribution >= 4 is 5.91 Å². The largest absolute Gasteiger partial charge is 0.337 e. The number of hydrogen-bond acceptors (Lipinski definition) is 2. The molecule has 0 radical (unpaired) electrons. The van der Waals surface area contributed by atoms with Crippen molar-refractivity contribution < 1.29 is 4.79 Å². The molecule has 2 atom stereocenters. The molecule has 3 heteroatoms. The summed E-state index contributed by atoms with van der Waals surface area (Å²) in [5.41, 5.74) is 3.60. The van der Waals surface area contributed by atoms with Crippen molar-refractivity contribution in [3.63, 3.8) is 0 Å². The summed E-state index contributed by atoms with van der Waals surface area (Å²) in [6.07, 6.45) is 3.56. The Morgan fingerprint density at radius 3 is 2.89 bits per heavy atom. The molecule has 2 saturated heterocycles. The first-order valence-corrected chi connectivity index (χ1v) is 7.28. The molecule has 0 aromatic heterocycles. The molecule has 0 saturated carbocycles. The van der Waals surface area contributed by atoms with E-state index in [1.54, 1.807) is 0 Å². The van der Waals surface area contributed by atoms with E-state index in [0.29, 0.717) is 6.04 Å². The highest BCUT2D eigenvalue weighted by Crippen LogP contribution is 2.28. The number of carbonyl (C=O) groups excluding carboxylic acids is 1. The van der Waals surface area contributed by atoms with Gasteiger partial charge in [-0.25, -0.2) is 0 Å². The molecule has 3 rings (SSSR count). The number of aryl methyl sites for hydroxylation is 2. The number of fused-ring (bicyclic) bond motifs is 1. The average molecular weight is 258 g/mol. The third kappa shape index (κ3) is 2.27. The van der Waals surface area contributed by atoms with E-state index in [1.165, 1.54) is 17.5 Å². The Morgan fingerprint density at radius 2 is 2.11 bits per heavy atom. The first-order valence-electron chi connectivity index (χ1n) is 7.28. The maximum absolute atomic E-state index is 12.7. The highest BCUT2D eigenvalue weighted by Gasteiger charge is 2.37. The van der Waals surface area contributed by atoms with Gasteiger partial charge < -0.3 is 10.2 Å². The van der Waals surface area contributed by atoms with Gasteiger partial charge in [0.2, 0.25) is 5.91 Å². The van der Waals surface area contributed by atoms with E-state index in [9.17, 15) is 4.79 Å². The molecule has 1 N–H and O–H groups in total. The maximum atomic E-state index is 12.7. The van der Waals surface area contributed by atoms with Crippen molar-refractivity contribution in [3.8, 4) is 0 Å². The molecule has 19 heavy (non-hydrogen) atoms. The lowest BCUT2D eigenvalue weighted by molar-refractivity contribution is -0.140. The van der Waals surface area contributed by atoms with E-state index in [0.717, 1.165) is 31.5 Å². The van der Waals surface area contributed by atoms with E-state index >= 15 is 0 Å². The molecule has 1 amide bonds. The summed E-state index contributed by atoms with van der Waals surface area (Å²) in [5, 5.41) is 3.45. The smallest absolute Gasteiger partial charge is 0.244 e. The van der Waals surface area contributed by atoms with Crippen molar-refractivity contribution in [2.45, 2.75) is 45.2 Å². The minimum Gasteiger partial charge on any atom is -0.337 e. The van der Waals surface area contributed by atoms with Crippen LogP contribution in [0.4, 0.5) is 0 Å². The predicted octanol–water partition coefficient (Wildman–Crippen LogP) is 2.33. The molecule has 0 spiro atoms. The molecule has 2 aliphatic rings. The summed E-state index contributed by atoms with van der Waals surface area (Å²) in [6.45, 7) is 6.06. The van der Waals surface area contributed by atoms with E-state index in [2.05, 4.69) is 42.3 Å². The van der Waals surface area contributed by atoms with Gasteiger partial charge in [-0.1, -0.05) is 23.8 Å². The van der Waals surface area contributed by atoms with Crippen LogP contribution in [0.1, 0.15) is 42.0 Å². The van der Waals surface area contributed by atoms with E-state index in [1.807, 2.05) is 0 Å². The number of piperidine rings is 1. The van der Waals surface area contributed by atoms with E-state index in [-0.39, 0.29) is 11.9 Å². The zero-order chi connectivity index (χ0) is 13.4. The Labute approximate surface area is 115 Å². The quantitative estimate of drug-likeness (QED) is 0.838. The number of rotatable bonds is 1. The average Bonchev–Trinajstić information content (AvgIpc) is 2.41. The number of benzene rings is 1. The topological polar surface area (TPSA) is 32.3 Å². The Bertz CT molecular complexity index is 498. The van der Waals surface area contributed by atoms with Gasteiger partial charge in [-0.15, -0.1) is 0 Å². The monoisotopic (exact) mass is 258 g/mol. The number of hydrogen-bond donors (Lipinski definition) is 1. The molecule has 2 heterocycles. The minimum absolute atomic E-state index is 0.144. The normalized spacial score (nSPS) is 27.3. The molecule has 2 fully saturated rings. The molecule has 102 valence electrons. The van der Waals surface area contributed by atoms with Gasteiger partial charge in [-0.05, 0) is 44.2 Å². The van der Waals surface area contributed by atoms with Crippen LogP contribution in [-0.4, -0.2) is 29.9 Å². The van der Waals surface area contributed by atoms with Crippen molar-refractivity contribution in [1.82, 2.24) is 10.2 Å². The second-order valence-electron chi connectivity index (χ2n) is 5.88. The first kappa shape index (κ1) is 12.7. The Morgan fingerprint density at radius 1 is 1.26 bits per heavy atom. The zero-order valence-corrected chi connectivity index (χ0v) is 11.8. The summed E-state index contributed by atoms with van der Waals surface area (Å²) in [4.78, 5) is 14.8.